The molecule has 2 fully saturated rings. The molecule has 3 aliphatic rings. The minimum absolute atomic E-state index is 0. The molecular formula is C29H44N4O4S. The molecule has 9 heteroatoms. The van der Waals surface area contributed by atoms with E-state index in [-0.39, 0.29) is 19.2 Å². The molecule has 1 atom stereocenters. The van der Waals surface area contributed by atoms with Gasteiger partial charge in [0, 0.05) is 87.2 Å². The van der Waals surface area contributed by atoms with Gasteiger partial charge in [-0.15, -0.1) is 0 Å². The molecule has 2 aromatic rings. The first-order valence-electron chi connectivity index (χ1n) is 13.9. The van der Waals surface area contributed by atoms with E-state index in [1.807, 2.05) is 29.1 Å². The van der Waals surface area contributed by atoms with Gasteiger partial charge in [0.1, 0.15) is 11.0 Å². The zero-order valence-electron chi connectivity index (χ0n) is 22.2. The van der Waals surface area contributed by atoms with Crippen molar-refractivity contribution >= 4 is 33.7 Å². The van der Waals surface area contributed by atoms with Crippen LogP contribution in [0, 0.1) is 0 Å². The zero-order valence-corrected chi connectivity index (χ0v) is 23.0. The first-order chi connectivity index (χ1) is 18.0. The number of rotatable bonds is 9. The second-order valence-electron chi connectivity index (χ2n) is 10.6. The highest BCUT2D eigenvalue weighted by Crippen LogP contribution is 2.32. The standard InChI is InChI=1S/C28H40N4O4S.CH4/c1-3-37(35)32-25-9-6-20(28(34)30(2)14-4-5-27(33)29-21-7-8-21)19-24(25)23-10-15-31(16-11-26(23)32)22-12-17-36-18-13-22;/h6,9,19,21-22H,3-5,7-8,10-18H2,1-2H3,(H,29,33);1H4. The van der Waals surface area contributed by atoms with Gasteiger partial charge < -0.3 is 15.0 Å². The Kier molecular flexibility index (Phi) is 9.65. The number of nitrogens with one attached hydrogen (secondary N) is 1. The van der Waals surface area contributed by atoms with Gasteiger partial charge in [0.05, 0.1) is 5.52 Å². The summed E-state index contributed by atoms with van der Waals surface area (Å²) >= 11 is 0. The number of ether oxygens (including phenoxy) is 1. The van der Waals surface area contributed by atoms with Gasteiger partial charge in [0.2, 0.25) is 5.91 Å². The Bertz CT molecular complexity index is 1170. The number of hydrogen-bond donors (Lipinski definition) is 1. The molecule has 0 radical (unpaired) electrons. The van der Waals surface area contributed by atoms with Gasteiger partial charge in [-0.1, -0.05) is 14.4 Å². The number of hydrogen-bond acceptors (Lipinski definition) is 5. The van der Waals surface area contributed by atoms with Crippen molar-refractivity contribution in [3.63, 3.8) is 0 Å². The average molecular weight is 545 g/mol. The normalized spacial score (nSPS) is 19.3. The number of fused-ring (bicyclic) bond motifs is 3. The number of benzene rings is 1. The van der Waals surface area contributed by atoms with Crippen LogP contribution >= 0.6 is 0 Å². The van der Waals surface area contributed by atoms with Crippen molar-refractivity contribution in [3.05, 3.63) is 35.0 Å². The molecule has 1 aromatic carbocycles. The fourth-order valence-electron chi connectivity index (χ4n) is 5.76. The molecule has 38 heavy (non-hydrogen) atoms. The average Bonchev–Trinajstić information content (AvgIpc) is 3.71. The molecule has 210 valence electrons. The Hall–Kier alpha value is -2.23. The molecule has 1 aromatic heterocycles. The molecular weight excluding hydrogens is 500 g/mol. The van der Waals surface area contributed by atoms with Crippen LogP contribution < -0.4 is 5.32 Å². The van der Waals surface area contributed by atoms with Crippen LogP contribution in [0.5, 0.6) is 0 Å². The van der Waals surface area contributed by atoms with Crippen molar-refractivity contribution in [2.75, 3.05) is 45.6 Å². The van der Waals surface area contributed by atoms with Crippen LogP contribution in [0.25, 0.3) is 10.9 Å². The van der Waals surface area contributed by atoms with E-state index < -0.39 is 11.0 Å². The first kappa shape index (κ1) is 28.8. The van der Waals surface area contributed by atoms with Crippen molar-refractivity contribution in [2.45, 2.75) is 77.8 Å². The molecule has 1 aliphatic carbocycles. The van der Waals surface area contributed by atoms with Crippen LogP contribution in [-0.4, -0.2) is 87.5 Å². The second-order valence-corrected chi connectivity index (χ2v) is 12.2. The Morgan fingerprint density at radius 1 is 1.13 bits per heavy atom. The summed E-state index contributed by atoms with van der Waals surface area (Å²) in [6.07, 6.45) is 7.13. The van der Waals surface area contributed by atoms with E-state index in [1.165, 1.54) is 5.56 Å². The van der Waals surface area contributed by atoms with Crippen molar-refractivity contribution in [1.29, 1.82) is 0 Å². The lowest BCUT2D eigenvalue weighted by Crippen LogP contribution is -2.41. The maximum atomic E-state index is 13.3. The topological polar surface area (TPSA) is 83.9 Å². The minimum atomic E-state index is -1.14. The minimum Gasteiger partial charge on any atom is -0.381 e. The van der Waals surface area contributed by atoms with E-state index in [0.717, 1.165) is 81.4 Å². The Morgan fingerprint density at radius 3 is 2.58 bits per heavy atom. The van der Waals surface area contributed by atoms with Gasteiger partial charge in [-0.2, -0.15) is 0 Å². The third-order valence-corrected chi connectivity index (χ3v) is 9.33. The summed E-state index contributed by atoms with van der Waals surface area (Å²) in [6.45, 7) is 6.07. The highest BCUT2D eigenvalue weighted by atomic mass is 32.2. The summed E-state index contributed by atoms with van der Waals surface area (Å²) in [6, 6.07) is 6.74. The second kappa shape index (κ2) is 12.7. The Morgan fingerprint density at radius 2 is 1.87 bits per heavy atom. The summed E-state index contributed by atoms with van der Waals surface area (Å²) in [7, 11) is 0.664. The fraction of sp³-hybridized carbons (Fsp3) is 0.655. The van der Waals surface area contributed by atoms with E-state index in [0.29, 0.717) is 42.8 Å². The number of nitrogens with zero attached hydrogens (tertiary/aromatic N) is 3. The van der Waals surface area contributed by atoms with Crippen LogP contribution in [-0.2, 0) is 33.4 Å². The molecule has 1 saturated heterocycles. The van der Waals surface area contributed by atoms with Gasteiger partial charge in [0.25, 0.3) is 5.91 Å². The summed E-state index contributed by atoms with van der Waals surface area (Å²) in [5, 5.41) is 4.05. The van der Waals surface area contributed by atoms with Crippen molar-refractivity contribution in [2.24, 2.45) is 0 Å². The van der Waals surface area contributed by atoms with Crippen molar-refractivity contribution in [3.8, 4) is 0 Å². The molecule has 3 heterocycles. The predicted octanol–water partition coefficient (Wildman–Crippen LogP) is 3.52. The van der Waals surface area contributed by atoms with E-state index in [2.05, 4.69) is 10.2 Å². The maximum absolute atomic E-state index is 13.3. The van der Waals surface area contributed by atoms with Gasteiger partial charge >= 0.3 is 0 Å². The molecule has 8 nitrogen and oxygen atoms in total. The molecule has 2 amide bonds. The highest BCUT2D eigenvalue weighted by molar-refractivity contribution is 7.83. The number of amides is 2. The third kappa shape index (κ3) is 6.32. The number of aromatic nitrogens is 1. The Balaban J connectivity index is 0.00000336. The third-order valence-electron chi connectivity index (χ3n) is 8.01. The summed E-state index contributed by atoms with van der Waals surface area (Å²) in [4.78, 5) is 29.5. The summed E-state index contributed by atoms with van der Waals surface area (Å²) < 4.78 is 20.8. The highest BCUT2D eigenvalue weighted by Gasteiger charge is 2.29. The SMILES string of the molecule is C.CCS(=O)n1c2c(c3cc(C(=O)N(C)CCCC(=O)NC4CC4)ccc31)CCN(C1CCOCC1)CC2. The van der Waals surface area contributed by atoms with Crippen molar-refractivity contribution in [1.82, 2.24) is 19.1 Å². The van der Waals surface area contributed by atoms with Crippen LogP contribution in [0.2, 0.25) is 0 Å². The van der Waals surface area contributed by atoms with Gasteiger partial charge in [-0.25, -0.2) is 4.21 Å². The van der Waals surface area contributed by atoms with Crippen LogP contribution in [0.15, 0.2) is 18.2 Å². The predicted molar refractivity (Wildman–Crippen MR) is 153 cm³/mol. The fourth-order valence-corrected chi connectivity index (χ4v) is 6.85. The van der Waals surface area contributed by atoms with Crippen molar-refractivity contribution < 1.29 is 18.5 Å². The lowest BCUT2D eigenvalue weighted by molar-refractivity contribution is -0.121. The summed E-state index contributed by atoms with van der Waals surface area (Å²) in [5.41, 5.74) is 4.00. The molecule has 0 bridgehead atoms. The lowest BCUT2D eigenvalue weighted by Gasteiger charge is -2.33. The molecule has 5 rings (SSSR count). The first-order valence-corrected chi connectivity index (χ1v) is 15.2. The van der Waals surface area contributed by atoms with E-state index in [1.54, 1.807) is 11.9 Å². The Labute approximate surface area is 229 Å². The van der Waals surface area contributed by atoms with Gasteiger partial charge in [-0.3, -0.25) is 18.5 Å². The van der Waals surface area contributed by atoms with E-state index in [4.69, 9.17) is 4.74 Å². The molecule has 1 saturated carbocycles. The number of carbonyl (C=O) groups is 2. The molecule has 1 N–H and O–H groups in total. The molecule has 2 aliphatic heterocycles. The smallest absolute Gasteiger partial charge is 0.253 e. The van der Waals surface area contributed by atoms with Gasteiger partial charge in [0.15, 0.2) is 0 Å². The molecule has 0 spiro atoms. The van der Waals surface area contributed by atoms with Crippen LogP contribution in [0.3, 0.4) is 0 Å². The van der Waals surface area contributed by atoms with Crippen LogP contribution in [0.4, 0.5) is 0 Å². The van der Waals surface area contributed by atoms with Gasteiger partial charge in [-0.05, 0) is 62.3 Å². The quantitative estimate of drug-likeness (QED) is 0.522. The maximum Gasteiger partial charge on any atom is 0.253 e. The monoisotopic (exact) mass is 544 g/mol. The number of carbonyl (C=O) groups excluding carboxylic acids is 2. The van der Waals surface area contributed by atoms with E-state index >= 15 is 0 Å². The summed E-state index contributed by atoms with van der Waals surface area (Å²) in [5.74, 6) is 0.588. The largest absolute Gasteiger partial charge is 0.381 e. The molecule has 1 unspecified atom stereocenters. The lowest BCUT2D eigenvalue weighted by atomic mass is 10.0. The zero-order chi connectivity index (χ0) is 25.9. The van der Waals surface area contributed by atoms with E-state index in [9.17, 15) is 13.8 Å². The van der Waals surface area contributed by atoms with Crippen LogP contribution in [0.1, 0.15) is 74.5 Å².